The summed E-state index contributed by atoms with van der Waals surface area (Å²) in [5.41, 5.74) is 1.13. The van der Waals surface area contributed by atoms with Gasteiger partial charge in [0.05, 0.1) is 0 Å². The molecule has 0 aliphatic carbocycles. The van der Waals surface area contributed by atoms with Crippen molar-refractivity contribution in [2.75, 3.05) is 26.2 Å². The molecule has 0 radical (unpaired) electrons. The lowest BCUT2D eigenvalue weighted by molar-refractivity contribution is 0.192. The average Bonchev–Trinajstić information content (AvgIpc) is 2.87. The average molecular weight is 378 g/mol. The van der Waals surface area contributed by atoms with Crippen LogP contribution in [0, 0.1) is 11.7 Å². The van der Waals surface area contributed by atoms with Crippen LogP contribution in [-0.4, -0.2) is 31.1 Å². The Balaban J connectivity index is 0.00000161. The summed E-state index contributed by atoms with van der Waals surface area (Å²) in [5.74, 6) is 0.664. The van der Waals surface area contributed by atoms with E-state index in [4.69, 9.17) is 0 Å². The summed E-state index contributed by atoms with van der Waals surface area (Å²) in [5, 5.41) is 3.42. The van der Waals surface area contributed by atoms with E-state index in [0.717, 1.165) is 42.0 Å². The molecule has 5 heteroatoms. The number of likely N-dealkylation sites (tertiary alicyclic amines) is 1. The van der Waals surface area contributed by atoms with Crippen molar-refractivity contribution >= 4 is 28.3 Å². The van der Waals surface area contributed by atoms with Crippen LogP contribution >= 0.6 is 28.3 Å². The summed E-state index contributed by atoms with van der Waals surface area (Å²) in [6, 6.07) is 5.72. The lowest BCUT2D eigenvalue weighted by atomic mass is 9.96. The predicted molar refractivity (Wildman–Crippen MR) is 90.5 cm³/mol. The SMILES string of the molecule is Cl.Fc1cc(Br)cc(C2CCCN2CC2CCNCC2)c1. The fourth-order valence-corrected chi connectivity index (χ4v) is 4.07. The molecule has 2 aliphatic rings. The summed E-state index contributed by atoms with van der Waals surface area (Å²) >= 11 is 3.41. The van der Waals surface area contributed by atoms with E-state index >= 15 is 0 Å². The maximum absolute atomic E-state index is 13.6. The summed E-state index contributed by atoms with van der Waals surface area (Å²) in [6.45, 7) is 4.62. The third kappa shape index (κ3) is 4.41. The number of rotatable bonds is 3. The van der Waals surface area contributed by atoms with E-state index in [9.17, 15) is 4.39 Å². The van der Waals surface area contributed by atoms with Crippen LogP contribution in [0.2, 0.25) is 0 Å². The monoisotopic (exact) mass is 376 g/mol. The molecule has 118 valence electrons. The third-order valence-electron chi connectivity index (χ3n) is 4.58. The molecule has 21 heavy (non-hydrogen) atoms. The molecule has 2 saturated heterocycles. The van der Waals surface area contributed by atoms with Crippen molar-refractivity contribution in [2.24, 2.45) is 5.92 Å². The Morgan fingerprint density at radius 3 is 2.67 bits per heavy atom. The second-order valence-electron chi connectivity index (χ2n) is 6.05. The zero-order valence-corrected chi connectivity index (χ0v) is 14.6. The Morgan fingerprint density at radius 1 is 1.19 bits per heavy atom. The molecule has 1 atom stereocenters. The number of nitrogens with zero attached hydrogens (tertiary/aromatic N) is 1. The molecule has 3 rings (SSSR count). The van der Waals surface area contributed by atoms with E-state index in [-0.39, 0.29) is 18.2 Å². The fourth-order valence-electron chi connectivity index (χ4n) is 3.59. The van der Waals surface area contributed by atoms with Gasteiger partial charge in [-0.15, -0.1) is 12.4 Å². The largest absolute Gasteiger partial charge is 0.317 e. The first-order chi connectivity index (χ1) is 9.72. The normalized spacial score (nSPS) is 24.0. The first-order valence-electron chi connectivity index (χ1n) is 7.63. The van der Waals surface area contributed by atoms with Gasteiger partial charge < -0.3 is 5.32 Å². The zero-order valence-electron chi connectivity index (χ0n) is 12.2. The highest BCUT2D eigenvalue weighted by Gasteiger charge is 2.28. The molecule has 2 heterocycles. The van der Waals surface area contributed by atoms with Gasteiger partial charge in [-0.1, -0.05) is 15.9 Å². The van der Waals surface area contributed by atoms with Gasteiger partial charge >= 0.3 is 0 Å². The van der Waals surface area contributed by atoms with Gasteiger partial charge in [0.1, 0.15) is 5.82 Å². The molecule has 1 unspecified atom stereocenters. The van der Waals surface area contributed by atoms with E-state index in [1.54, 1.807) is 6.07 Å². The molecule has 0 aromatic heterocycles. The van der Waals surface area contributed by atoms with Crippen LogP contribution in [-0.2, 0) is 0 Å². The lowest BCUT2D eigenvalue weighted by Gasteiger charge is -2.31. The van der Waals surface area contributed by atoms with Gasteiger partial charge in [-0.2, -0.15) is 0 Å². The summed E-state index contributed by atoms with van der Waals surface area (Å²) in [4.78, 5) is 2.57. The number of hydrogen-bond donors (Lipinski definition) is 1. The van der Waals surface area contributed by atoms with Gasteiger partial charge in [-0.05, 0) is 75.0 Å². The van der Waals surface area contributed by atoms with Crippen LogP contribution in [0.4, 0.5) is 4.39 Å². The molecule has 1 N–H and O–H groups in total. The Morgan fingerprint density at radius 2 is 1.95 bits per heavy atom. The van der Waals surface area contributed by atoms with E-state index in [1.165, 1.54) is 31.9 Å². The fraction of sp³-hybridized carbons (Fsp3) is 0.625. The Hall–Kier alpha value is -0.160. The lowest BCUT2D eigenvalue weighted by Crippen LogP contribution is -2.36. The Bertz CT molecular complexity index is 445. The minimum Gasteiger partial charge on any atom is -0.317 e. The first kappa shape index (κ1) is 17.2. The van der Waals surface area contributed by atoms with Crippen molar-refractivity contribution < 1.29 is 4.39 Å². The quantitative estimate of drug-likeness (QED) is 0.851. The number of hydrogen-bond acceptors (Lipinski definition) is 2. The second-order valence-corrected chi connectivity index (χ2v) is 6.96. The molecule has 1 aromatic rings. The van der Waals surface area contributed by atoms with Crippen molar-refractivity contribution in [3.63, 3.8) is 0 Å². The molecule has 0 saturated carbocycles. The van der Waals surface area contributed by atoms with E-state index in [2.05, 4.69) is 32.2 Å². The van der Waals surface area contributed by atoms with Crippen LogP contribution < -0.4 is 5.32 Å². The molecule has 2 aliphatic heterocycles. The van der Waals surface area contributed by atoms with E-state index < -0.39 is 0 Å². The number of piperidine rings is 1. The van der Waals surface area contributed by atoms with Crippen LogP contribution in [0.1, 0.15) is 37.3 Å². The number of benzene rings is 1. The maximum Gasteiger partial charge on any atom is 0.124 e. The van der Waals surface area contributed by atoms with E-state index in [1.807, 2.05) is 0 Å². The van der Waals surface area contributed by atoms with Crippen LogP contribution in [0.15, 0.2) is 22.7 Å². The molecule has 0 amide bonds. The molecule has 0 spiro atoms. The summed E-state index contributed by atoms with van der Waals surface area (Å²) < 4.78 is 14.5. The second kappa shape index (κ2) is 7.91. The number of nitrogens with one attached hydrogen (secondary N) is 1. The minimum absolute atomic E-state index is 0. The molecule has 1 aromatic carbocycles. The van der Waals surface area contributed by atoms with Gasteiger partial charge in [0.2, 0.25) is 0 Å². The number of halogens is 3. The highest BCUT2D eigenvalue weighted by Crippen LogP contribution is 2.34. The van der Waals surface area contributed by atoms with Crippen molar-refractivity contribution in [3.05, 3.63) is 34.1 Å². The van der Waals surface area contributed by atoms with Crippen LogP contribution in [0.25, 0.3) is 0 Å². The van der Waals surface area contributed by atoms with Crippen molar-refractivity contribution in [1.82, 2.24) is 10.2 Å². The smallest absolute Gasteiger partial charge is 0.124 e. The van der Waals surface area contributed by atoms with Crippen LogP contribution in [0.3, 0.4) is 0 Å². The Labute approximate surface area is 141 Å². The Kier molecular flexibility index (Phi) is 6.48. The van der Waals surface area contributed by atoms with E-state index in [0.29, 0.717) is 6.04 Å². The van der Waals surface area contributed by atoms with Crippen LogP contribution in [0.5, 0.6) is 0 Å². The van der Waals surface area contributed by atoms with Gasteiger partial charge in [0.25, 0.3) is 0 Å². The van der Waals surface area contributed by atoms with Crippen molar-refractivity contribution in [1.29, 1.82) is 0 Å². The maximum atomic E-state index is 13.6. The molecule has 0 bridgehead atoms. The van der Waals surface area contributed by atoms with Crippen molar-refractivity contribution in [2.45, 2.75) is 31.7 Å². The zero-order chi connectivity index (χ0) is 13.9. The summed E-state index contributed by atoms with van der Waals surface area (Å²) in [7, 11) is 0. The first-order valence-corrected chi connectivity index (χ1v) is 8.42. The molecular formula is C16H23BrClFN2. The molecule has 2 nitrogen and oxygen atoms in total. The summed E-state index contributed by atoms with van der Waals surface area (Å²) in [6.07, 6.45) is 4.93. The van der Waals surface area contributed by atoms with Crippen molar-refractivity contribution in [3.8, 4) is 0 Å². The van der Waals surface area contributed by atoms with Gasteiger partial charge in [0.15, 0.2) is 0 Å². The highest BCUT2D eigenvalue weighted by atomic mass is 79.9. The minimum atomic E-state index is -0.136. The van der Waals surface area contributed by atoms with Gasteiger partial charge in [0, 0.05) is 17.1 Å². The highest BCUT2D eigenvalue weighted by molar-refractivity contribution is 9.10. The third-order valence-corrected chi connectivity index (χ3v) is 5.04. The molecular weight excluding hydrogens is 355 g/mol. The van der Waals surface area contributed by atoms with Gasteiger partial charge in [-0.3, -0.25) is 4.90 Å². The predicted octanol–water partition coefficient (Wildman–Crippen LogP) is 4.15. The molecule has 2 fully saturated rings. The topological polar surface area (TPSA) is 15.3 Å². The standard InChI is InChI=1S/C16H22BrFN2.ClH/c17-14-8-13(9-15(18)10-14)16-2-1-7-20(16)11-12-3-5-19-6-4-12;/h8-10,12,16,19H,1-7,11H2;1H. The van der Waals surface area contributed by atoms with Gasteiger partial charge in [-0.25, -0.2) is 4.39 Å².